The molecule has 2 aliphatic rings. The number of likely N-dealkylation sites (tertiary alicyclic amines) is 1. The molecule has 8 heteroatoms. The van der Waals surface area contributed by atoms with Crippen molar-refractivity contribution in [3.63, 3.8) is 0 Å². The van der Waals surface area contributed by atoms with Crippen LogP contribution in [0.2, 0.25) is 5.02 Å². The van der Waals surface area contributed by atoms with Gasteiger partial charge in [-0.15, -0.1) is 0 Å². The molecule has 0 radical (unpaired) electrons. The zero-order valence-corrected chi connectivity index (χ0v) is 20.2. The number of nitrogens with zero attached hydrogens (tertiary/aromatic N) is 3. The van der Waals surface area contributed by atoms with Crippen LogP contribution in [0, 0.1) is 23.7 Å². The molecule has 7 nitrogen and oxygen atoms in total. The van der Waals surface area contributed by atoms with E-state index in [4.69, 9.17) is 26.3 Å². The number of benzene rings is 1. The highest BCUT2D eigenvalue weighted by molar-refractivity contribution is 6.33. The number of halogens is 1. The summed E-state index contributed by atoms with van der Waals surface area (Å²) in [6, 6.07) is 9.09. The number of rotatable bonds is 4. The van der Waals surface area contributed by atoms with Gasteiger partial charge in [0.05, 0.1) is 22.3 Å². The van der Waals surface area contributed by atoms with E-state index < -0.39 is 5.60 Å². The lowest BCUT2D eigenvalue weighted by Gasteiger charge is -2.39. The molecule has 0 bridgehead atoms. The predicted molar refractivity (Wildman–Crippen MR) is 127 cm³/mol. The van der Waals surface area contributed by atoms with Crippen molar-refractivity contribution in [1.29, 1.82) is 5.26 Å². The Morgan fingerprint density at radius 1 is 1.30 bits per heavy atom. The lowest BCUT2D eigenvalue weighted by Crippen LogP contribution is -2.50. The van der Waals surface area contributed by atoms with Crippen molar-refractivity contribution >= 4 is 29.1 Å². The van der Waals surface area contributed by atoms with Crippen LogP contribution in [0.5, 0.6) is 5.88 Å². The molecule has 1 unspecified atom stereocenters. The topological polar surface area (TPSA) is 87.5 Å². The van der Waals surface area contributed by atoms with Crippen molar-refractivity contribution in [1.82, 2.24) is 9.88 Å². The maximum atomic E-state index is 12.5. The van der Waals surface area contributed by atoms with E-state index in [9.17, 15) is 4.79 Å². The highest BCUT2D eigenvalue weighted by Gasteiger charge is 2.55. The average molecular weight is 469 g/mol. The molecule has 2 fully saturated rings. The first-order chi connectivity index (χ1) is 15.6. The fourth-order valence-corrected chi connectivity index (χ4v) is 4.41. The second kappa shape index (κ2) is 8.75. The summed E-state index contributed by atoms with van der Waals surface area (Å²) in [5.41, 5.74) is 2.39. The molecule has 1 aliphatic heterocycles. The fraction of sp³-hybridized carbons (Fsp3) is 0.480. The van der Waals surface area contributed by atoms with E-state index in [1.165, 1.54) is 0 Å². The van der Waals surface area contributed by atoms with Gasteiger partial charge in [0.15, 0.2) is 0 Å². The number of ether oxygens (including phenoxy) is 2. The number of nitrogens with one attached hydrogen (secondary N) is 1. The minimum atomic E-state index is -0.507. The molecule has 1 aliphatic carbocycles. The van der Waals surface area contributed by atoms with Crippen LogP contribution in [0.1, 0.15) is 51.2 Å². The second-order valence-electron chi connectivity index (χ2n) is 9.88. The zero-order chi connectivity index (χ0) is 23.8. The van der Waals surface area contributed by atoms with Crippen molar-refractivity contribution < 1.29 is 14.3 Å². The molecule has 1 atom stereocenters. The molecule has 33 heavy (non-hydrogen) atoms. The maximum absolute atomic E-state index is 12.5. The quantitative estimate of drug-likeness (QED) is 0.607. The van der Waals surface area contributed by atoms with Crippen molar-refractivity contribution in [2.75, 3.05) is 18.4 Å². The van der Waals surface area contributed by atoms with E-state index in [-0.39, 0.29) is 17.6 Å². The van der Waals surface area contributed by atoms with Crippen molar-refractivity contribution in [3.05, 3.63) is 46.6 Å². The molecule has 1 spiro atoms. The molecule has 1 amide bonds. The number of carbonyl (C=O) groups is 1. The largest absolute Gasteiger partial charge is 0.473 e. The van der Waals surface area contributed by atoms with Gasteiger partial charge in [0, 0.05) is 42.4 Å². The third-order valence-electron chi connectivity index (χ3n) is 6.17. The van der Waals surface area contributed by atoms with Gasteiger partial charge in [-0.25, -0.2) is 9.78 Å². The maximum Gasteiger partial charge on any atom is 0.410 e. The van der Waals surface area contributed by atoms with Crippen LogP contribution >= 0.6 is 11.6 Å². The van der Waals surface area contributed by atoms with E-state index in [0.717, 1.165) is 30.5 Å². The third kappa shape index (κ3) is 5.17. The Morgan fingerprint density at radius 3 is 2.70 bits per heavy atom. The third-order valence-corrected chi connectivity index (χ3v) is 6.49. The summed E-state index contributed by atoms with van der Waals surface area (Å²) in [7, 11) is 0. The van der Waals surface area contributed by atoms with Gasteiger partial charge in [-0.3, -0.25) is 0 Å². The molecule has 1 aromatic carbocycles. The average Bonchev–Trinajstić information content (AvgIpc) is 3.52. The number of carbonyl (C=O) groups excluding carboxylic acids is 1. The van der Waals surface area contributed by atoms with Gasteiger partial charge >= 0.3 is 6.09 Å². The van der Waals surface area contributed by atoms with Gasteiger partial charge in [-0.2, -0.15) is 5.26 Å². The number of aromatic nitrogens is 1. The molecule has 1 aromatic heterocycles. The summed E-state index contributed by atoms with van der Waals surface area (Å²) in [5.74, 6) is 0.576. The van der Waals surface area contributed by atoms with Crippen molar-refractivity contribution in [2.45, 2.75) is 58.7 Å². The first-order valence-electron chi connectivity index (χ1n) is 11.2. The van der Waals surface area contributed by atoms with Gasteiger partial charge < -0.3 is 19.7 Å². The first kappa shape index (κ1) is 23.2. The van der Waals surface area contributed by atoms with Gasteiger partial charge in [0.25, 0.3) is 0 Å². The number of pyridine rings is 1. The van der Waals surface area contributed by atoms with Gasteiger partial charge in [0.2, 0.25) is 5.88 Å². The van der Waals surface area contributed by atoms with Crippen LogP contribution in [0.4, 0.5) is 16.2 Å². The molecule has 1 saturated carbocycles. The van der Waals surface area contributed by atoms with E-state index in [0.29, 0.717) is 35.2 Å². The Bertz CT molecular complexity index is 1100. The van der Waals surface area contributed by atoms with Crippen molar-refractivity contribution in [2.24, 2.45) is 5.41 Å². The molecule has 2 aromatic rings. The Balaban J connectivity index is 1.46. The van der Waals surface area contributed by atoms with Crippen LogP contribution in [0.25, 0.3) is 0 Å². The van der Waals surface area contributed by atoms with E-state index in [2.05, 4.69) is 16.4 Å². The monoisotopic (exact) mass is 468 g/mol. The molecular weight excluding hydrogens is 440 g/mol. The van der Waals surface area contributed by atoms with Crippen LogP contribution < -0.4 is 10.1 Å². The summed E-state index contributed by atoms with van der Waals surface area (Å²) in [6.07, 6.45) is 4.23. The molecular formula is C25H29ClN4O3. The smallest absolute Gasteiger partial charge is 0.410 e. The molecule has 4 rings (SSSR count). The van der Waals surface area contributed by atoms with Gasteiger partial charge in [-0.1, -0.05) is 11.6 Å². The zero-order valence-electron chi connectivity index (χ0n) is 19.4. The summed E-state index contributed by atoms with van der Waals surface area (Å²) >= 11 is 6.33. The fourth-order valence-electron chi connectivity index (χ4n) is 4.18. The summed E-state index contributed by atoms with van der Waals surface area (Å²) in [4.78, 5) is 18.8. The van der Waals surface area contributed by atoms with Crippen molar-refractivity contribution in [3.8, 4) is 11.9 Å². The standard InChI is InChI=1S/C25H29ClN4O3/c1-16-19(29-20-6-5-17(14-27)13-18(20)26)7-11-28-22(16)32-21-8-12-30(15-25(21)9-10-25)23(31)33-24(2,3)4/h5-7,11,13,21H,8-10,12,15H2,1-4H3,(H,28,29). The van der Waals surface area contributed by atoms with E-state index in [1.54, 1.807) is 24.4 Å². The van der Waals surface area contributed by atoms with Crippen LogP contribution in [-0.4, -0.2) is 40.8 Å². The van der Waals surface area contributed by atoms with Crippen LogP contribution in [0.3, 0.4) is 0 Å². The molecule has 174 valence electrons. The Labute approximate surface area is 199 Å². The minimum absolute atomic E-state index is 0.00358. The number of hydrogen-bond donors (Lipinski definition) is 1. The Hall–Kier alpha value is -2.98. The number of hydrogen-bond acceptors (Lipinski definition) is 6. The second-order valence-corrected chi connectivity index (χ2v) is 10.3. The summed E-state index contributed by atoms with van der Waals surface area (Å²) in [6.45, 7) is 8.85. The number of anilines is 2. The first-order valence-corrected chi connectivity index (χ1v) is 11.5. The number of amides is 1. The number of nitriles is 1. The van der Waals surface area contributed by atoms with E-state index >= 15 is 0 Å². The van der Waals surface area contributed by atoms with Gasteiger partial charge in [0.1, 0.15) is 11.7 Å². The minimum Gasteiger partial charge on any atom is -0.473 e. The Morgan fingerprint density at radius 2 is 2.06 bits per heavy atom. The van der Waals surface area contributed by atoms with Gasteiger partial charge in [-0.05, 0) is 64.8 Å². The molecule has 2 heterocycles. The summed E-state index contributed by atoms with van der Waals surface area (Å²) < 4.78 is 12.0. The number of piperidine rings is 1. The molecule has 1 saturated heterocycles. The Kier molecular flexibility index (Phi) is 6.15. The predicted octanol–water partition coefficient (Wildman–Crippen LogP) is 5.83. The summed E-state index contributed by atoms with van der Waals surface area (Å²) in [5, 5.41) is 12.8. The highest BCUT2D eigenvalue weighted by Crippen LogP contribution is 2.53. The lowest BCUT2D eigenvalue weighted by atomic mass is 9.91. The van der Waals surface area contributed by atoms with Crippen LogP contribution in [0.15, 0.2) is 30.5 Å². The normalized spacial score (nSPS) is 19.0. The van der Waals surface area contributed by atoms with E-state index in [1.807, 2.05) is 38.7 Å². The highest BCUT2D eigenvalue weighted by atomic mass is 35.5. The molecule has 1 N–H and O–H groups in total. The van der Waals surface area contributed by atoms with Crippen LogP contribution in [-0.2, 0) is 4.74 Å². The lowest BCUT2D eigenvalue weighted by molar-refractivity contribution is -0.00966. The SMILES string of the molecule is Cc1c(Nc2ccc(C#N)cc2Cl)ccnc1OC1CCN(C(=O)OC(C)(C)C)CC12CC2.